The number of amides is 1. The number of rotatable bonds is 1. The maximum atomic E-state index is 12.2. The summed E-state index contributed by atoms with van der Waals surface area (Å²) in [6.07, 6.45) is 1.56. The van der Waals surface area contributed by atoms with Gasteiger partial charge in [0, 0.05) is 26.2 Å². The number of benzene rings is 1. The number of aromatic nitrogens is 2. The van der Waals surface area contributed by atoms with Crippen LogP contribution in [-0.2, 0) is 0 Å². The molecular weight excluding hydrogens is 228 g/mol. The molecule has 1 fully saturated rings. The summed E-state index contributed by atoms with van der Waals surface area (Å²) in [4.78, 5) is 22.7. The summed E-state index contributed by atoms with van der Waals surface area (Å²) in [5, 5.41) is 3.22. The lowest BCUT2D eigenvalue weighted by molar-refractivity contribution is 0.0730. The lowest BCUT2D eigenvalue weighted by Crippen LogP contribution is -2.46. The van der Waals surface area contributed by atoms with Gasteiger partial charge in [-0.3, -0.25) is 9.78 Å². The number of fused-ring (bicyclic) bond motifs is 1. The number of carbonyl (C=O) groups is 1. The third kappa shape index (κ3) is 2.04. The number of carbonyl (C=O) groups excluding carboxylic acids is 1. The SMILES string of the molecule is O=C(c1cnc2ccccc2n1)N1CCNCC1. The number of piperazine rings is 1. The molecule has 0 radical (unpaired) electrons. The number of nitrogens with one attached hydrogen (secondary N) is 1. The van der Waals surface area contributed by atoms with Gasteiger partial charge in [0.25, 0.3) is 5.91 Å². The monoisotopic (exact) mass is 242 g/mol. The first kappa shape index (κ1) is 11.1. The van der Waals surface area contributed by atoms with Crippen LogP contribution in [0.4, 0.5) is 0 Å². The van der Waals surface area contributed by atoms with Gasteiger partial charge in [-0.15, -0.1) is 0 Å². The standard InChI is InChI=1S/C13H14N4O/c18-13(17-7-5-14-6-8-17)12-9-15-10-3-1-2-4-11(10)16-12/h1-4,9,14H,5-8H2. The van der Waals surface area contributed by atoms with E-state index in [1.165, 1.54) is 0 Å². The highest BCUT2D eigenvalue weighted by Crippen LogP contribution is 2.10. The van der Waals surface area contributed by atoms with Crippen LogP contribution in [0.25, 0.3) is 11.0 Å². The molecule has 1 aromatic carbocycles. The van der Waals surface area contributed by atoms with Crippen molar-refractivity contribution in [3.63, 3.8) is 0 Å². The molecule has 0 bridgehead atoms. The van der Waals surface area contributed by atoms with E-state index in [0.29, 0.717) is 5.69 Å². The van der Waals surface area contributed by atoms with Gasteiger partial charge in [0.1, 0.15) is 5.69 Å². The molecular formula is C13H14N4O. The van der Waals surface area contributed by atoms with Crippen LogP contribution in [0.2, 0.25) is 0 Å². The van der Waals surface area contributed by atoms with Gasteiger partial charge >= 0.3 is 0 Å². The predicted molar refractivity (Wildman–Crippen MR) is 68.3 cm³/mol. The first-order valence-electron chi connectivity index (χ1n) is 6.06. The van der Waals surface area contributed by atoms with Gasteiger partial charge in [0.15, 0.2) is 0 Å². The molecule has 1 aliphatic heterocycles. The van der Waals surface area contributed by atoms with E-state index in [2.05, 4.69) is 15.3 Å². The first-order chi connectivity index (χ1) is 8.84. The molecule has 1 N–H and O–H groups in total. The average Bonchev–Trinajstić information content (AvgIpc) is 2.47. The third-order valence-electron chi connectivity index (χ3n) is 3.07. The zero-order valence-electron chi connectivity index (χ0n) is 9.97. The highest BCUT2D eigenvalue weighted by molar-refractivity contribution is 5.93. The minimum atomic E-state index is -0.0326. The van der Waals surface area contributed by atoms with E-state index in [9.17, 15) is 4.79 Å². The molecule has 18 heavy (non-hydrogen) atoms. The molecule has 5 heteroatoms. The van der Waals surface area contributed by atoms with Crippen LogP contribution in [0.3, 0.4) is 0 Å². The molecule has 2 aromatic rings. The van der Waals surface area contributed by atoms with E-state index in [-0.39, 0.29) is 5.91 Å². The molecule has 5 nitrogen and oxygen atoms in total. The molecule has 0 unspecified atom stereocenters. The van der Waals surface area contributed by atoms with Gasteiger partial charge in [-0.25, -0.2) is 4.98 Å². The van der Waals surface area contributed by atoms with Gasteiger partial charge in [-0.2, -0.15) is 0 Å². The smallest absolute Gasteiger partial charge is 0.274 e. The van der Waals surface area contributed by atoms with Gasteiger partial charge in [0.2, 0.25) is 0 Å². The van der Waals surface area contributed by atoms with Crippen molar-refractivity contribution in [1.29, 1.82) is 0 Å². The third-order valence-corrected chi connectivity index (χ3v) is 3.07. The first-order valence-corrected chi connectivity index (χ1v) is 6.06. The van der Waals surface area contributed by atoms with Crippen molar-refractivity contribution in [3.05, 3.63) is 36.2 Å². The minimum Gasteiger partial charge on any atom is -0.335 e. The Bertz CT molecular complexity index is 578. The maximum Gasteiger partial charge on any atom is 0.274 e. The molecule has 0 spiro atoms. The molecule has 0 atom stereocenters. The Morgan fingerprint density at radius 3 is 2.67 bits per heavy atom. The van der Waals surface area contributed by atoms with Crippen LogP contribution in [-0.4, -0.2) is 47.0 Å². The fourth-order valence-electron chi connectivity index (χ4n) is 2.09. The zero-order chi connectivity index (χ0) is 12.4. The van der Waals surface area contributed by atoms with Crippen molar-refractivity contribution in [2.24, 2.45) is 0 Å². The molecule has 0 aliphatic carbocycles. The van der Waals surface area contributed by atoms with Crippen LogP contribution >= 0.6 is 0 Å². The van der Waals surface area contributed by atoms with Crippen LogP contribution in [0.15, 0.2) is 30.5 Å². The molecule has 1 aromatic heterocycles. The molecule has 2 heterocycles. The average molecular weight is 242 g/mol. The summed E-state index contributed by atoms with van der Waals surface area (Å²) in [7, 11) is 0. The summed E-state index contributed by atoms with van der Waals surface area (Å²) in [6, 6.07) is 7.57. The molecule has 1 amide bonds. The molecule has 0 saturated carbocycles. The van der Waals surface area contributed by atoms with E-state index < -0.39 is 0 Å². The van der Waals surface area contributed by atoms with E-state index in [1.807, 2.05) is 29.2 Å². The summed E-state index contributed by atoms with van der Waals surface area (Å²) in [5.41, 5.74) is 2.00. The fourth-order valence-corrected chi connectivity index (χ4v) is 2.09. The molecule has 3 rings (SSSR count). The quantitative estimate of drug-likeness (QED) is 0.798. The van der Waals surface area contributed by atoms with E-state index in [4.69, 9.17) is 0 Å². The number of hydrogen-bond donors (Lipinski definition) is 1. The summed E-state index contributed by atoms with van der Waals surface area (Å²) in [5.74, 6) is -0.0326. The topological polar surface area (TPSA) is 58.1 Å². The summed E-state index contributed by atoms with van der Waals surface area (Å²) >= 11 is 0. The Balaban J connectivity index is 1.91. The minimum absolute atomic E-state index is 0.0326. The number of nitrogens with zero attached hydrogens (tertiary/aromatic N) is 3. The van der Waals surface area contributed by atoms with E-state index in [0.717, 1.165) is 37.2 Å². The Morgan fingerprint density at radius 1 is 1.17 bits per heavy atom. The van der Waals surface area contributed by atoms with Crippen molar-refractivity contribution < 1.29 is 4.79 Å². The van der Waals surface area contributed by atoms with Crippen LogP contribution in [0.5, 0.6) is 0 Å². The van der Waals surface area contributed by atoms with E-state index in [1.54, 1.807) is 6.20 Å². The second-order valence-electron chi connectivity index (χ2n) is 4.29. The highest BCUT2D eigenvalue weighted by Gasteiger charge is 2.19. The summed E-state index contributed by atoms with van der Waals surface area (Å²) in [6.45, 7) is 3.14. The Labute approximate surface area is 105 Å². The van der Waals surface area contributed by atoms with Gasteiger partial charge in [0.05, 0.1) is 17.2 Å². The van der Waals surface area contributed by atoms with Crippen LogP contribution in [0, 0.1) is 0 Å². The van der Waals surface area contributed by atoms with E-state index >= 15 is 0 Å². The Hall–Kier alpha value is -2.01. The molecule has 1 saturated heterocycles. The number of hydrogen-bond acceptors (Lipinski definition) is 4. The second kappa shape index (κ2) is 4.70. The van der Waals surface area contributed by atoms with Crippen molar-refractivity contribution in [2.75, 3.05) is 26.2 Å². The van der Waals surface area contributed by atoms with Gasteiger partial charge in [-0.1, -0.05) is 12.1 Å². The van der Waals surface area contributed by atoms with Gasteiger partial charge < -0.3 is 10.2 Å². The number of para-hydroxylation sites is 2. The zero-order valence-corrected chi connectivity index (χ0v) is 9.97. The normalized spacial score (nSPS) is 15.9. The van der Waals surface area contributed by atoms with Crippen molar-refractivity contribution in [1.82, 2.24) is 20.2 Å². The van der Waals surface area contributed by atoms with Crippen molar-refractivity contribution >= 4 is 16.9 Å². The fraction of sp³-hybridized carbons (Fsp3) is 0.308. The maximum absolute atomic E-state index is 12.2. The molecule has 92 valence electrons. The predicted octanol–water partition coefficient (Wildman–Crippen LogP) is 0.675. The van der Waals surface area contributed by atoms with Crippen LogP contribution < -0.4 is 5.32 Å². The van der Waals surface area contributed by atoms with Crippen molar-refractivity contribution in [2.45, 2.75) is 0 Å². The molecule has 1 aliphatic rings. The largest absolute Gasteiger partial charge is 0.335 e. The lowest BCUT2D eigenvalue weighted by atomic mass is 10.2. The van der Waals surface area contributed by atoms with Crippen LogP contribution in [0.1, 0.15) is 10.5 Å². The Kier molecular flexibility index (Phi) is 2.90. The van der Waals surface area contributed by atoms with Crippen molar-refractivity contribution in [3.8, 4) is 0 Å². The summed E-state index contributed by atoms with van der Waals surface area (Å²) < 4.78 is 0. The highest BCUT2D eigenvalue weighted by atomic mass is 16.2. The second-order valence-corrected chi connectivity index (χ2v) is 4.29. The lowest BCUT2D eigenvalue weighted by Gasteiger charge is -2.26. The van der Waals surface area contributed by atoms with Gasteiger partial charge in [-0.05, 0) is 12.1 Å². The Morgan fingerprint density at radius 2 is 1.89 bits per heavy atom.